The van der Waals surface area contributed by atoms with Crippen molar-refractivity contribution in [1.29, 1.82) is 0 Å². The number of aromatic nitrogens is 3. The minimum absolute atomic E-state index is 0.0869. The SMILES string of the molecule is CCCCC(CC)COCC(O)CCc1ccc(-c2nc(-c3ccc4ccc5cccc6ccc3c4c56)nc(-c3ccc4ccc5cccc6ccc3c4c56)n2)c(O)c1. The molecule has 2 N–H and O–H groups in total. The number of phenolic OH excluding ortho intramolecular Hbond substituents is 1. The Bertz CT molecular complexity index is 2920. The molecule has 0 fully saturated rings. The van der Waals surface area contributed by atoms with E-state index in [4.69, 9.17) is 19.7 Å². The highest BCUT2D eigenvalue weighted by molar-refractivity contribution is 6.26. The van der Waals surface area contributed by atoms with Crippen LogP contribution in [-0.4, -0.2) is 44.5 Å². The molecule has 1 heterocycles. The van der Waals surface area contributed by atoms with Crippen molar-refractivity contribution in [3.8, 4) is 39.9 Å². The number of hydrogen-bond acceptors (Lipinski definition) is 6. The van der Waals surface area contributed by atoms with Crippen molar-refractivity contribution in [3.05, 3.63) is 133 Å². The second-order valence-corrected chi connectivity index (χ2v) is 16.2. The van der Waals surface area contributed by atoms with Gasteiger partial charge in [-0.1, -0.05) is 136 Å². The van der Waals surface area contributed by atoms with Crippen molar-refractivity contribution in [3.63, 3.8) is 0 Å². The zero-order chi connectivity index (χ0) is 40.0. The predicted octanol–water partition coefficient (Wildman–Crippen LogP) is 12.9. The van der Waals surface area contributed by atoms with Gasteiger partial charge in [0.2, 0.25) is 0 Å². The average molecular weight is 774 g/mol. The molecule has 2 atom stereocenters. The quantitative estimate of drug-likeness (QED) is 0.107. The molecule has 0 spiro atoms. The number of aliphatic hydroxyl groups is 1. The molecule has 9 aromatic carbocycles. The first-order chi connectivity index (χ1) is 29.0. The summed E-state index contributed by atoms with van der Waals surface area (Å²) >= 11 is 0. The van der Waals surface area contributed by atoms with Gasteiger partial charge in [0.25, 0.3) is 0 Å². The first kappa shape index (κ1) is 37.1. The van der Waals surface area contributed by atoms with Crippen molar-refractivity contribution >= 4 is 64.6 Å². The van der Waals surface area contributed by atoms with Crippen LogP contribution in [0.4, 0.5) is 0 Å². The Morgan fingerprint density at radius 2 is 1.00 bits per heavy atom. The molecule has 0 amide bonds. The third kappa shape index (κ3) is 6.76. The number of hydrogen-bond donors (Lipinski definition) is 2. The van der Waals surface area contributed by atoms with E-state index in [0.29, 0.717) is 55.0 Å². The van der Waals surface area contributed by atoms with Gasteiger partial charge in [-0.15, -0.1) is 0 Å². The number of rotatable bonds is 14. The highest BCUT2D eigenvalue weighted by Crippen LogP contribution is 2.42. The summed E-state index contributed by atoms with van der Waals surface area (Å²) in [5, 5.41) is 36.5. The van der Waals surface area contributed by atoms with Crippen molar-refractivity contribution in [2.24, 2.45) is 5.92 Å². The number of aryl methyl sites for hydroxylation is 1. The highest BCUT2D eigenvalue weighted by atomic mass is 16.5. The van der Waals surface area contributed by atoms with Gasteiger partial charge in [0, 0.05) is 17.7 Å². The fourth-order valence-electron chi connectivity index (χ4n) is 9.21. The molecule has 10 aromatic rings. The van der Waals surface area contributed by atoms with Crippen LogP contribution in [0.1, 0.15) is 51.5 Å². The molecule has 6 nitrogen and oxygen atoms in total. The zero-order valence-electron chi connectivity index (χ0n) is 33.6. The fraction of sp³-hybridized carbons (Fsp3) is 0.226. The van der Waals surface area contributed by atoms with E-state index in [0.717, 1.165) is 51.1 Å². The van der Waals surface area contributed by atoms with Gasteiger partial charge in [0.1, 0.15) is 5.75 Å². The van der Waals surface area contributed by atoms with E-state index >= 15 is 0 Å². The molecule has 10 rings (SSSR count). The lowest BCUT2D eigenvalue weighted by Gasteiger charge is -2.17. The largest absolute Gasteiger partial charge is 0.507 e. The van der Waals surface area contributed by atoms with Crippen LogP contribution in [0.2, 0.25) is 0 Å². The summed E-state index contributed by atoms with van der Waals surface area (Å²) < 4.78 is 5.93. The van der Waals surface area contributed by atoms with Gasteiger partial charge in [-0.05, 0) is 120 Å². The molecule has 1 aromatic heterocycles. The molecule has 0 radical (unpaired) electrons. The third-order valence-electron chi connectivity index (χ3n) is 12.5. The van der Waals surface area contributed by atoms with Gasteiger partial charge in [-0.25, -0.2) is 15.0 Å². The number of nitrogens with zero attached hydrogens (tertiary/aromatic N) is 3. The molecule has 6 heteroatoms. The molecule has 2 unspecified atom stereocenters. The van der Waals surface area contributed by atoms with Crippen molar-refractivity contribution in [2.75, 3.05) is 13.2 Å². The van der Waals surface area contributed by atoms with Crippen LogP contribution in [0.25, 0.3) is 98.8 Å². The number of benzene rings is 9. The molecule has 0 aliphatic carbocycles. The summed E-state index contributed by atoms with van der Waals surface area (Å²) in [5.41, 5.74) is 3.26. The Morgan fingerprint density at radius 3 is 1.51 bits per heavy atom. The molecular formula is C53H47N3O3. The van der Waals surface area contributed by atoms with Crippen LogP contribution < -0.4 is 0 Å². The lowest BCUT2D eigenvalue weighted by molar-refractivity contribution is 0.0157. The van der Waals surface area contributed by atoms with Gasteiger partial charge in [-0.3, -0.25) is 0 Å². The zero-order valence-corrected chi connectivity index (χ0v) is 33.6. The minimum atomic E-state index is -0.579. The summed E-state index contributed by atoms with van der Waals surface area (Å²) in [4.78, 5) is 15.6. The van der Waals surface area contributed by atoms with E-state index in [2.05, 4.69) is 123 Å². The van der Waals surface area contributed by atoms with Crippen LogP contribution in [-0.2, 0) is 11.2 Å². The first-order valence-electron chi connectivity index (χ1n) is 21.1. The van der Waals surface area contributed by atoms with E-state index < -0.39 is 6.10 Å². The summed E-state index contributed by atoms with van der Waals surface area (Å²) in [7, 11) is 0. The van der Waals surface area contributed by atoms with Crippen LogP contribution in [0.5, 0.6) is 5.75 Å². The van der Waals surface area contributed by atoms with Gasteiger partial charge >= 0.3 is 0 Å². The minimum Gasteiger partial charge on any atom is -0.507 e. The highest BCUT2D eigenvalue weighted by Gasteiger charge is 2.21. The van der Waals surface area contributed by atoms with Crippen LogP contribution in [0.3, 0.4) is 0 Å². The van der Waals surface area contributed by atoms with Crippen molar-refractivity contribution in [2.45, 2.75) is 58.5 Å². The second kappa shape index (κ2) is 15.5. The average Bonchev–Trinajstić information content (AvgIpc) is 3.27. The Morgan fingerprint density at radius 1 is 0.525 bits per heavy atom. The van der Waals surface area contributed by atoms with E-state index in [-0.39, 0.29) is 5.75 Å². The van der Waals surface area contributed by atoms with Gasteiger partial charge in [-0.2, -0.15) is 0 Å². The smallest absolute Gasteiger partial charge is 0.167 e. The fourth-order valence-corrected chi connectivity index (χ4v) is 9.21. The lowest BCUT2D eigenvalue weighted by Crippen LogP contribution is -2.19. The standard InChI is InChI=1S/C53H47N3O3/c1-3-5-8-32(4-2)30-59-31-40(57)23-13-33-14-24-45(46(58)29-33)53-55-51(43-27-21-38-17-15-34-9-6-11-36-19-25-41(43)49(38)47(34)36)54-52(56-53)44-28-22-39-18-16-35-10-7-12-37-20-26-42(44)50(39)48(35)37/h6-7,9-12,14-22,24-29,32,40,57-58H,3-5,8,13,23,30-31H2,1-2H3. The van der Waals surface area contributed by atoms with Gasteiger partial charge < -0.3 is 14.9 Å². The Balaban J connectivity index is 1.05. The van der Waals surface area contributed by atoms with E-state index in [9.17, 15) is 10.2 Å². The van der Waals surface area contributed by atoms with Gasteiger partial charge in [0.05, 0.1) is 18.3 Å². The topological polar surface area (TPSA) is 88.4 Å². The summed E-state index contributed by atoms with van der Waals surface area (Å²) in [6.07, 6.45) is 5.20. The number of aliphatic hydroxyl groups excluding tert-OH is 1. The Kier molecular flexibility index (Phi) is 9.75. The molecule has 292 valence electrons. The molecular weight excluding hydrogens is 727 g/mol. The predicted molar refractivity (Wildman–Crippen MR) is 244 cm³/mol. The summed E-state index contributed by atoms with van der Waals surface area (Å²) in [5.74, 6) is 2.10. The number of ether oxygens (including phenoxy) is 1. The number of aromatic hydroxyl groups is 1. The maximum atomic E-state index is 11.7. The third-order valence-corrected chi connectivity index (χ3v) is 12.5. The lowest BCUT2D eigenvalue weighted by atomic mass is 9.91. The normalized spacial score (nSPS) is 13.2. The van der Waals surface area contributed by atoms with E-state index in [1.165, 1.54) is 55.9 Å². The molecule has 59 heavy (non-hydrogen) atoms. The maximum Gasteiger partial charge on any atom is 0.167 e. The van der Waals surface area contributed by atoms with Crippen LogP contribution >= 0.6 is 0 Å². The molecule has 0 saturated heterocycles. The number of phenols is 1. The van der Waals surface area contributed by atoms with E-state index in [1.807, 2.05) is 12.1 Å². The number of unbranched alkanes of at least 4 members (excludes halogenated alkanes) is 1. The van der Waals surface area contributed by atoms with Crippen LogP contribution in [0.15, 0.2) is 127 Å². The van der Waals surface area contributed by atoms with Gasteiger partial charge in [0.15, 0.2) is 17.5 Å². The maximum absolute atomic E-state index is 11.7. The van der Waals surface area contributed by atoms with Crippen molar-refractivity contribution in [1.82, 2.24) is 15.0 Å². The molecule has 0 saturated carbocycles. The molecule has 0 aliphatic rings. The summed E-state index contributed by atoms with van der Waals surface area (Å²) in [6.45, 7) is 5.41. The molecule has 0 aliphatic heterocycles. The Hall–Kier alpha value is -6.21. The Labute approximate surface area is 343 Å². The summed E-state index contributed by atoms with van der Waals surface area (Å²) in [6, 6.07) is 44.5. The monoisotopic (exact) mass is 773 g/mol. The second-order valence-electron chi connectivity index (χ2n) is 16.2. The van der Waals surface area contributed by atoms with Crippen molar-refractivity contribution < 1.29 is 14.9 Å². The molecule has 0 bridgehead atoms. The van der Waals surface area contributed by atoms with E-state index in [1.54, 1.807) is 6.07 Å². The van der Waals surface area contributed by atoms with Crippen LogP contribution in [0, 0.1) is 5.92 Å². The first-order valence-corrected chi connectivity index (χ1v) is 21.1.